The second-order valence-corrected chi connectivity index (χ2v) is 8.82. The molecule has 0 spiro atoms. The molecule has 6 nitrogen and oxygen atoms in total. The molecule has 0 bridgehead atoms. The van der Waals surface area contributed by atoms with Crippen LogP contribution in [0.2, 0.25) is 5.02 Å². The van der Waals surface area contributed by atoms with E-state index in [2.05, 4.69) is 32.9 Å². The Balaban J connectivity index is 1.81. The average Bonchev–Trinajstić information content (AvgIpc) is 3.01. The van der Waals surface area contributed by atoms with Gasteiger partial charge >= 0.3 is 0 Å². The number of amidine groups is 1. The van der Waals surface area contributed by atoms with Gasteiger partial charge in [0.2, 0.25) is 5.91 Å². The molecule has 1 aliphatic rings. The number of amides is 2. The molecule has 0 fully saturated rings. The van der Waals surface area contributed by atoms with Crippen molar-refractivity contribution >= 4 is 69.0 Å². The summed E-state index contributed by atoms with van der Waals surface area (Å²) >= 11 is 9.23. The Morgan fingerprint density at radius 1 is 1.27 bits per heavy atom. The molecule has 2 aromatic carbocycles. The molecular formula is C21H18ClIN2O4S. The van der Waals surface area contributed by atoms with Gasteiger partial charge in [-0.3, -0.25) is 9.59 Å². The van der Waals surface area contributed by atoms with Crippen LogP contribution in [-0.2, 0) is 16.2 Å². The van der Waals surface area contributed by atoms with Crippen molar-refractivity contribution in [3.05, 3.63) is 61.0 Å². The van der Waals surface area contributed by atoms with E-state index in [1.807, 2.05) is 43.3 Å². The van der Waals surface area contributed by atoms with Crippen LogP contribution in [0.5, 0.6) is 11.5 Å². The lowest BCUT2D eigenvalue weighted by atomic mass is 10.2. The largest absolute Gasteiger partial charge is 0.490 e. The van der Waals surface area contributed by atoms with Crippen LogP contribution in [0.25, 0.3) is 6.08 Å². The third-order valence-corrected chi connectivity index (χ3v) is 5.78. The van der Waals surface area contributed by atoms with Crippen molar-refractivity contribution in [2.75, 3.05) is 6.61 Å². The minimum atomic E-state index is -0.389. The molecule has 0 aliphatic carbocycles. The minimum absolute atomic E-state index is 0.273. The van der Waals surface area contributed by atoms with Gasteiger partial charge in [0.25, 0.3) is 5.91 Å². The van der Waals surface area contributed by atoms with Gasteiger partial charge in [0.1, 0.15) is 6.61 Å². The lowest BCUT2D eigenvalue weighted by molar-refractivity contribution is -0.117. The predicted octanol–water partition coefficient (Wildman–Crippen LogP) is 5.03. The average molecular weight is 557 g/mol. The van der Waals surface area contributed by atoms with Gasteiger partial charge in [0.05, 0.1) is 15.1 Å². The monoisotopic (exact) mass is 556 g/mol. The molecule has 0 atom stereocenters. The Labute approximate surface area is 197 Å². The number of hydrogen-bond donors (Lipinski definition) is 1. The fourth-order valence-electron chi connectivity index (χ4n) is 2.57. The molecule has 2 amide bonds. The van der Waals surface area contributed by atoms with E-state index in [9.17, 15) is 9.59 Å². The molecular weight excluding hydrogens is 539 g/mol. The normalized spacial score (nSPS) is 14.6. The highest BCUT2D eigenvalue weighted by Crippen LogP contribution is 2.37. The van der Waals surface area contributed by atoms with E-state index in [1.165, 1.54) is 6.92 Å². The van der Waals surface area contributed by atoms with E-state index in [0.717, 1.165) is 26.5 Å². The van der Waals surface area contributed by atoms with Crippen LogP contribution in [0.4, 0.5) is 0 Å². The Hall–Kier alpha value is -2.04. The van der Waals surface area contributed by atoms with E-state index >= 15 is 0 Å². The number of rotatable bonds is 6. The Bertz CT molecular complexity index is 1040. The smallest absolute Gasteiger partial charge is 0.286 e. The van der Waals surface area contributed by atoms with Crippen LogP contribution < -0.4 is 14.8 Å². The van der Waals surface area contributed by atoms with E-state index < -0.39 is 0 Å². The molecule has 0 unspecified atom stereocenters. The number of halogens is 2. The number of thioether (sulfide) groups is 1. The first-order chi connectivity index (χ1) is 14.4. The van der Waals surface area contributed by atoms with Gasteiger partial charge in [0.15, 0.2) is 16.7 Å². The third-order valence-electron chi connectivity index (χ3n) is 3.83. The Kier molecular flexibility index (Phi) is 7.79. The van der Waals surface area contributed by atoms with Crippen molar-refractivity contribution in [1.29, 1.82) is 0 Å². The molecule has 30 heavy (non-hydrogen) atoms. The fraction of sp³-hybridized carbons (Fsp3) is 0.190. The van der Waals surface area contributed by atoms with E-state index in [-0.39, 0.29) is 17.0 Å². The minimum Gasteiger partial charge on any atom is -0.490 e. The molecule has 2 aromatic rings. The van der Waals surface area contributed by atoms with E-state index in [0.29, 0.717) is 34.6 Å². The number of carbonyl (C=O) groups excluding carboxylic acids is 2. The highest BCUT2D eigenvalue weighted by atomic mass is 127. The summed E-state index contributed by atoms with van der Waals surface area (Å²) in [5.41, 5.74) is 1.76. The molecule has 1 aliphatic heterocycles. The summed E-state index contributed by atoms with van der Waals surface area (Å²) in [5.74, 6) is 0.559. The van der Waals surface area contributed by atoms with Crippen molar-refractivity contribution in [2.24, 2.45) is 4.99 Å². The first-order valence-electron chi connectivity index (χ1n) is 8.99. The van der Waals surface area contributed by atoms with Crippen LogP contribution in [0.15, 0.2) is 46.3 Å². The lowest BCUT2D eigenvalue weighted by Gasteiger charge is -2.15. The lowest BCUT2D eigenvalue weighted by Crippen LogP contribution is -2.23. The van der Waals surface area contributed by atoms with Crippen molar-refractivity contribution < 1.29 is 19.1 Å². The summed E-state index contributed by atoms with van der Waals surface area (Å²) in [7, 11) is 0. The van der Waals surface area contributed by atoms with Crippen LogP contribution in [-0.4, -0.2) is 23.6 Å². The summed E-state index contributed by atoms with van der Waals surface area (Å²) in [4.78, 5) is 27.6. The predicted molar refractivity (Wildman–Crippen MR) is 128 cm³/mol. The van der Waals surface area contributed by atoms with Crippen LogP contribution in [0, 0.1) is 3.57 Å². The molecule has 0 saturated carbocycles. The van der Waals surface area contributed by atoms with Gasteiger partial charge < -0.3 is 14.8 Å². The molecule has 1 heterocycles. The van der Waals surface area contributed by atoms with Crippen LogP contribution >= 0.6 is 46.0 Å². The number of benzene rings is 2. The fourth-order valence-corrected chi connectivity index (χ4v) is 4.34. The zero-order valence-electron chi connectivity index (χ0n) is 16.2. The first kappa shape index (κ1) is 22.6. The SMILES string of the molecule is CCOc1cc(/C=C2\SC(NC(C)=O)=NC2=O)cc(I)c1OCc1ccc(Cl)cc1. The van der Waals surface area contributed by atoms with Crippen LogP contribution in [0.1, 0.15) is 25.0 Å². The maximum Gasteiger partial charge on any atom is 0.286 e. The third kappa shape index (κ3) is 5.99. The molecule has 0 radical (unpaired) electrons. The number of hydrogen-bond acceptors (Lipinski definition) is 5. The van der Waals surface area contributed by atoms with Gasteiger partial charge in [-0.1, -0.05) is 23.7 Å². The summed E-state index contributed by atoms with van der Waals surface area (Å²) in [6.45, 7) is 4.10. The molecule has 156 valence electrons. The molecule has 0 aromatic heterocycles. The number of nitrogens with one attached hydrogen (secondary N) is 1. The zero-order chi connectivity index (χ0) is 21.7. The van der Waals surface area contributed by atoms with Crippen molar-refractivity contribution in [3.63, 3.8) is 0 Å². The highest BCUT2D eigenvalue weighted by molar-refractivity contribution is 14.1. The maximum atomic E-state index is 12.1. The molecule has 0 saturated heterocycles. The highest BCUT2D eigenvalue weighted by Gasteiger charge is 2.23. The first-order valence-corrected chi connectivity index (χ1v) is 11.3. The van der Waals surface area contributed by atoms with Crippen LogP contribution in [0.3, 0.4) is 0 Å². The summed E-state index contributed by atoms with van der Waals surface area (Å²) < 4.78 is 12.6. The Morgan fingerprint density at radius 3 is 2.67 bits per heavy atom. The van der Waals surface area contributed by atoms with Crippen molar-refractivity contribution in [1.82, 2.24) is 5.32 Å². The number of nitrogens with zero attached hydrogens (tertiary/aromatic N) is 1. The summed E-state index contributed by atoms with van der Waals surface area (Å²) in [6, 6.07) is 11.2. The van der Waals surface area contributed by atoms with Gasteiger partial charge in [-0.15, -0.1) is 0 Å². The quantitative estimate of drug-likeness (QED) is 0.399. The maximum absolute atomic E-state index is 12.1. The number of carbonyl (C=O) groups is 2. The van der Waals surface area contributed by atoms with Gasteiger partial charge in [-0.05, 0) is 82.7 Å². The van der Waals surface area contributed by atoms with E-state index in [4.69, 9.17) is 21.1 Å². The summed E-state index contributed by atoms with van der Waals surface area (Å²) in [5, 5.41) is 3.48. The van der Waals surface area contributed by atoms with E-state index in [1.54, 1.807) is 6.08 Å². The number of aliphatic imine (C=N–C) groups is 1. The second kappa shape index (κ2) is 10.3. The zero-order valence-corrected chi connectivity index (χ0v) is 19.9. The standard InChI is InChI=1S/C21H18ClIN2O4S/c1-3-28-17-9-14(10-18-20(27)25-21(30-18)24-12(2)26)8-16(23)19(17)29-11-13-4-6-15(22)7-5-13/h4-10H,3,11H2,1-2H3,(H,24,25,26,27)/b18-10-. The molecule has 3 rings (SSSR count). The molecule has 1 N–H and O–H groups in total. The second-order valence-electron chi connectivity index (χ2n) is 6.19. The van der Waals surface area contributed by atoms with Crippen molar-refractivity contribution in [2.45, 2.75) is 20.5 Å². The summed E-state index contributed by atoms with van der Waals surface area (Å²) in [6.07, 6.45) is 1.72. The van der Waals surface area contributed by atoms with Gasteiger partial charge in [0, 0.05) is 11.9 Å². The van der Waals surface area contributed by atoms with Crippen molar-refractivity contribution in [3.8, 4) is 11.5 Å². The molecule has 9 heteroatoms. The van der Waals surface area contributed by atoms with Gasteiger partial charge in [-0.25, -0.2) is 0 Å². The van der Waals surface area contributed by atoms with Gasteiger partial charge in [-0.2, -0.15) is 4.99 Å². The Morgan fingerprint density at radius 2 is 2.00 bits per heavy atom. The number of ether oxygens (including phenoxy) is 2. The topological polar surface area (TPSA) is 77.0 Å².